The molecule has 0 unspecified atom stereocenters. The highest BCUT2D eigenvalue weighted by molar-refractivity contribution is 7.81. The van der Waals surface area contributed by atoms with Gasteiger partial charge in [0.15, 0.2) is 0 Å². The van der Waals surface area contributed by atoms with Crippen molar-refractivity contribution in [3.63, 3.8) is 0 Å². The zero-order valence-corrected chi connectivity index (χ0v) is 15.2. The fourth-order valence-corrected chi connectivity index (χ4v) is 1.94. The Morgan fingerprint density at radius 2 is 1.82 bits per heavy atom. The molecule has 0 rings (SSSR count). The van der Waals surface area contributed by atoms with Crippen LogP contribution in [-0.2, 0) is 19.1 Å². The molecule has 0 aromatic carbocycles. The average Bonchev–Trinajstić information content (AvgIpc) is 2.45. The number of nitrogens with one attached hydrogen (secondary N) is 1. The number of thiol groups is 1. The zero-order chi connectivity index (χ0) is 17.1. The van der Waals surface area contributed by atoms with Gasteiger partial charge in [-0.2, -0.15) is 12.6 Å². The number of amides is 1. The lowest BCUT2D eigenvalue weighted by molar-refractivity contribution is -0.127. The van der Waals surface area contributed by atoms with Crippen LogP contribution >= 0.6 is 12.6 Å². The fourth-order valence-electron chi connectivity index (χ4n) is 1.83. The number of unbranched alkanes of at least 4 members (excludes halogenated alkanes) is 1. The summed E-state index contributed by atoms with van der Waals surface area (Å²) >= 11 is 3.91. The van der Waals surface area contributed by atoms with Crippen LogP contribution in [0.2, 0.25) is 0 Å². The van der Waals surface area contributed by atoms with Gasteiger partial charge in [0.2, 0.25) is 5.91 Å². The number of aldehydes is 1. The topological polar surface area (TPSA) is 64.6 Å². The molecule has 0 aliphatic carbocycles. The molecule has 0 radical (unpaired) electrons. The minimum absolute atomic E-state index is 0.0342. The lowest BCUT2D eigenvalue weighted by Gasteiger charge is -2.32. The molecule has 0 saturated carbocycles. The maximum absolute atomic E-state index is 11.0. The highest BCUT2D eigenvalue weighted by Crippen LogP contribution is 2.21. The van der Waals surface area contributed by atoms with Crippen LogP contribution in [0.5, 0.6) is 0 Å². The van der Waals surface area contributed by atoms with Gasteiger partial charge in [-0.1, -0.05) is 0 Å². The predicted molar refractivity (Wildman–Crippen MR) is 91.5 cm³/mol. The van der Waals surface area contributed by atoms with Gasteiger partial charge in [0.1, 0.15) is 6.29 Å². The van der Waals surface area contributed by atoms with E-state index >= 15 is 0 Å². The smallest absolute Gasteiger partial charge is 0.229 e. The third-order valence-electron chi connectivity index (χ3n) is 3.21. The van der Waals surface area contributed by atoms with Crippen LogP contribution in [0.3, 0.4) is 0 Å². The number of carbonyl (C=O) groups excluding carboxylic acids is 2. The summed E-state index contributed by atoms with van der Waals surface area (Å²) in [5.41, 5.74) is -0.639. The van der Waals surface area contributed by atoms with E-state index in [4.69, 9.17) is 9.47 Å². The van der Waals surface area contributed by atoms with Crippen molar-refractivity contribution < 1.29 is 19.1 Å². The summed E-state index contributed by atoms with van der Waals surface area (Å²) in [6.07, 6.45) is 4.07. The SMILES string of the molecule is CC(C)(CCCCNC(=O)CS)OCC(C)(C)OCCC=O. The first-order chi connectivity index (χ1) is 10.2. The molecule has 0 heterocycles. The van der Waals surface area contributed by atoms with Gasteiger partial charge >= 0.3 is 0 Å². The highest BCUT2D eigenvalue weighted by Gasteiger charge is 2.25. The Kier molecular flexibility index (Phi) is 10.7. The Morgan fingerprint density at radius 3 is 2.41 bits per heavy atom. The van der Waals surface area contributed by atoms with Crippen molar-refractivity contribution in [3.05, 3.63) is 0 Å². The van der Waals surface area contributed by atoms with Crippen molar-refractivity contribution in [2.75, 3.05) is 25.5 Å². The Balaban J connectivity index is 3.88. The Morgan fingerprint density at radius 1 is 1.14 bits per heavy atom. The largest absolute Gasteiger partial charge is 0.373 e. The third kappa shape index (κ3) is 12.0. The molecule has 1 amide bonds. The van der Waals surface area contributed by atoms with E-state index in [0.717, 1.165) is 25.5 Å². The maximum atomic E-state index is 11.0. The van der Waals surface area contributed by atoms with Crippen molar-refractivity contribution in [2.45, 2.75) is 64.6 Å². The summed E-state index contributed by atoms with van der Waals surface area (Å²) in [6.45, 7) is 9.61. The van der Waals surface area contributed by atoms with E-state index in [9.17, 15) is 9.59 Å². The summed E-state index contributed by atoms with van der Waals surface area (Å²) in [7, 11) is 0. The summed E-state index contributed by atoms with van der Waals surface area (Å²) in [5.74, 6) is 0.196. The van der Waals surface area contributed by atoms with E-state index in [1.807, 2.05) is 13.8 Å². The molecular formula is C16H31NO4S. The molecule has 0 aromatic heterocycles. The monoisotopic (exact) mass is 333 g/mol. The summed E-state index contributed by atoms with van der Waals surface area (Å²) in [5, 5.41) is 2.80. The van der Waals surface area contributed by atoms with E-state index in [2.05, 4.69) is 31.8 Å². The molecule has 22 heavy (non-hydrogen) atoms. The maximum Gasteiger partial charge on any atom is 0.229 e. The van der Waals surface area contributed by atoms with Gasteiger partial charge in [0.25, 0.3) is 0 Å². The molecule has 130 valence electrons. The minimum atomic E-state index is -0.402. The summed E-state index contributed by atoms with van der Waals surface area (Å²) in [6, 6.07) is 0. The van der Waals surface area contributed by atoms with Crippen LogP contribution in [0.1, 0.15) is 53.4 Å². The van der Waals surface area contributed by atoms with Crippen molar-refractivity contribution in [3.8, 4) is 0 Å². The van der Waals surface area contributed by atoms with Crippen molar-refractivity contribution in [1.29, 1.82) is 0 Å². The van der Waals surface area contributed by atoms with Gasteiger partial charge in [-0.3, -0.25) is 4.79 Å². The normalized spacial score (nSPS) is 12.2. The van der Waals surface area contributed by atoms with Gasteiger partial charge in [-0.25, -0.2) is 0 Å². The quantitative estimate of drug-likeness (QED) is 0.309. The Labute approximate surface area is 139 Å². The number of rotatable bonds is 13. The van der Waals surface area contributed by atoms with Crippen LogP contribution in [0.25, 0.3) is 0 Å². The molecule has 0 aliphatic rings. The van der Waals surface area contributed by atoms with E-state index in [1.165, 1.54) is 0 Å². The Hall–Kier alpha value is -0.590. The number of ether oxygens (including phenoxy) is 2. The zero-order valence-electron chi connectivity index (χ0n) is 14.3. The van der Waals surface area contributed by atoms with Crippen LogP contribution in [0.15, 0.2) is 0 Å². The van der Waals surface area contributed by atoms with Gasteiger partial charge in [0, 0.05) is 13.0 Å². The van der Waals surface area contributed by atoms with Crippen LogP contribution in [0, 0.1) is 0 Å². The second-order valence-electron chi connectivity index (χ2n) is 6.58. The Bertz CT molecular complexity index is 332. The number of carbonyl (C=O) groups is 2. The lowest BCUT2D eigenvalue weighted by Crippen LogP contribution is -2.37. The minimum Gasteiger partial charge on any atom is -0.373 e. The second kappa shape index (κ2) is 11.0. The van der Waals surface area contributed by atoms with Crippen LogP contribution in [-0.4, -0.2) is 48.9 Å². The first-order valence-electron chi connectivity index (χ1n) is 7.81. The molecule has 0 fully saturated rings. The van der Waals surface area contributed by atoms with Crippen LogP contribution < -0.4 is 5.32 Å². The second-order valence-corrected chi connectivity index (χ2v) is 6.89. The third-order valence-corrected chi connectivity index (χ3v) is 3.50. The standard InChI is InChI=1S/C16H31NO4S/c1-15(2,8-5-6-9-17-14(19)12-22)21-13-16(3,4)20-11-7-10-18/h10,22H,5-9,11-13H2,1-4H3,(H,17,19). The molecule has 6 heteroatoms. The van der Waals surface area contributed by atoms with E-state index in [0.29, 0.717) is 26.2 Å². The highest BCUT2D eigenvalue weighted by atomic mass is 32.1. The molecule has 0 atom stereocenters. The molecule has 1 N–H and O–H groups in total. The van der Waals surface area contributed by atoms with E-state index < -0.39 is 5.60 Å². The van der Waals surface area contributed by atoms with E-state index in [-0.39, 0.29) is 17.3 Å². The van der Waals surface area contributed by atoms with Gasteiger partial charge in [-0.15, -0.1) is 0 Å². The molecule has 5 nitrogen and oxygen atoms in total. The molecular weight excluding hydrogens is 302 g/mol. The van der Waals surface area contributed by atoms with Gasteiger partial charge in [0.05, 0.1) is 30.2 Å². The van der Waals surface area contributed by atoms with E-state index in [1.54, 1.807) is 0 Å². The summed E-state index contributed by atoms with van der Waals surface area (Å²) < 4.78 is 11.6. The first kappa shape index (κ1) is 21.4. The van der Waals surface area contributed by atoms with Crippen LogP contribution in [0.4, 0.5) is 0 Å². The average molecular weight is 333 g/mol. The molecule has 0 aliphatic heterocycles. The van der Waals surface area contributed by atoms with Gasteiger partial charge < -0.3 is 19.6 Å². The van der Waals surface area contributed by atoms with Crippen molar-refractivity contribution in [2.24, 2.45) is 0 Å². The molecule has 0 aromatic rings. The summed E-state index contributed by atoms with van der Waals surface area (Å²) in [4.78, 5) is 21.3. The van der Waals surface area contributed by atoms with Crippen molar-refractivity contribution >= 4 is 24.8 Å². The molecule has 0 saturated heterocycles. The van der Waals surface area contributed by atoms with Crippen molar-refractivity contribution in [1.82, 2.24) is 5.32 Å². The first-order valence-corrected chi connectivity index (χ1v) is 8.45. The fraction of sp³-hybridized carbons (Fsp3) is 0.875. The molecule has 0 spiro atoms. The number of hydrogen-bond acceptors (Lipinski definition) is 5. The van der Waals surface area contributed by atoms with Gasteiger partial charge in [-0.05, 0) is 47.0 Å². The molecule has 0 bridgehead atoms. The lowest BCUT2D eigenvalue weighted by atomic mass is 10.0. The number of hydrogen-bond donors (Lipinski definition) is 2. The predicted octanol–water partition coefficient (Wildman–Crippen LogP) is 2.38.